The molecule has 1 aliphatic heterocycles. The second-order valence-electron chi connectivity index (χ2n) is 9.89. The lowest BCUT2D eigenvalue weighted by atomic mass is 9.83. The average molecular weight is 449 g/mol. The van der Waals surface area contributed by atoms with Gasteiger partial charge in [-0.15, -0.1) is 0 Å². The van der Waals surface area contributed by atoms with Crippen molar-refractivity contribution < 1.29 is 9.90 Å². The maximum atomic E-state index is 13.3. The van der Waals surface area contributed by atoms with Crippen molar-refractivity contribution in [2.75, 3.05) is 23.3 Å². The van der Waals surface area contributed by atoms with E-state index in [9.17, 15) is 14.7 Å². The highest BCUT2D eigenvalue weighted by atomic mass is 16.4. The predicted octanol–water partition coefficient (Wildman–Crippen LogP) is 4.74. The minimum Gasteiger partial charge on any atom is -0.478 e. The maximum absolute atomic E-state index is 13.3. The number of benzene rings is 2. The molecule has 4 rings (SSSR count). The van der Waals surface area contributed by atoms with Gasteiger partial charge in [-0.05, 0) is 55.9 Å². The fourth-order valence-electron chi connectivity index (χ4n) is 4.57. The molecule has 2 heterocycles. The van der Waals surface area contributed by atoms with E-state index in [4.69, 9.17) is 4.98 Å². The summed E-state index contributed by atoms with van der Waals surface area (Å²) in [6.07, 6.45) is 2.09. The Morgan fingerprint density at radius 3 is 2.52 bits per heavy atom. The molecule has 3 aromatic rings. The molecule has 1 aliphatic rings. The number of carbonyl (C=O) groups is 1. The second kappa shape index (κ2) is 8.54. The predicted molar refractivity (Wildman–Crippen MR) is 132 cm³/mol. The molecular formula is C26H32N4O3. The fourth-order valence-corrected chi connectivity index (χ4v) is 4.57. The van der Waals surface area contributed by atoms with Crippen LogP contribution in [-0.4, -0.2) is 33.7 Å². The quantitative estimate of drug-likeness (QED) is 0.586. The van der Waals surface area contributed by atoms with Crippen LogP contribution in [0.15, 0.2) is 41.2 Å². The third-order valence-electron chi connectivity index (χ3n) is 6.73. The van der Waals surface area contributed by atoms with Gasteiger partial charge in [0.25, 0.3) is 5.56 Å². The Bertz CT molecular complexity index is 1270. The van der Waals surface area contributed by atoms with E-state index in [-0.39, 0.29) is 17.2 Å². The van der Waals surface area contributed by atoms with E-state index in [0.29, 0.717) is 28.0 Å². The number of aromatic carboxylic acids is 1. The molecule has 7 heteroatoms. The highest BCUT2D eigenvalue weighted by Crippen LogP contribution is 2.33. The Balaban J connectivity index is 1.80. The van der Waals surface area contributed by atoms with Crippen LogP contribution in [0.2, 0.25) is 0 Å². The van der Waals surface area contributed by atoms with Crippen molar-refractivity contribution in [2.24, 2.45) is 12.5 Å². The fraction of sp³-hybridized carbons (Fsp3) is 0.423. The molecule has 1 aromatic heterocycles. The van der Waals surface area contributed by atoms with E-state index >= 15 is 0 Å². The summed E-state index contributed by atoms with van der Waals surface area (Å²) < 4.78 is 1.65. The van der Waals surface area contributed by atoms with E-state index in [2.05, 4.69) is 24.1 Å². The Labute approximate surface area is 194 Å². The Morgan fingerprint density at radius 1 is 1.18 bits per heavy atom. The van der Waals surface area contributed by atoms with Crippen molar-refractivity contribution in [3.63, 3.8) is 0 Å². The Kier molecular flexibility index (Phi) is 5.91. The molecule has 2 aromatic carbocycles. The molecule has 33 heavy (non-hydrogen) atoms. The van der Waals surface area contributed by atoms with Gasteiger partial charge in [-0.25, -0.2) is 9.78 Å². The van der Waals surface area contributed by atoms with Crippen LogP contribution in [0.4, 0.5) is 11.6 Å². The number of anilines is 2. The molecule has 0 bridgehead atoms. The number of nitrogens with zero attached hydrogens (tertiary/aromatic N) is 3. The first-order valence-corrected chi connectivity index (χ1v) is 11.4. The standard InChI is InChI=1S/C26H32N4O3/c1-16-14-19(17(2)27-21-9-7-6-8-18(21)24(32)33)22-20(15-16)23(31)29(5)25(28-22)30-12-10-26(3,4)11-13-30/h6-9,14-15,17,27H,10-13H2,1-5H3,(H,32,33). The molecule has 7 nitrogen and oxygen atoms in total. The number of aryl methyl sites for hydroxylation is 1. The summed E-state index contributed by atoms with van der Waals surface area (Å²) in [6, 6.07) is 10.5. The number of carboxylic acid groups (broad SMARTS) is 1. The molecule has 1 atom stereocenters. The topological polar surface area (TPSA) is 87.5 Å². The molecule has 0 spiro atoms. The smallest absolute Gasteiger partial charge is 0.337 e. The first-order valence-electron chi connectivity index (χ1n) is 11.4. The second-order valence-corrected chi connectivity index (χ2v) is 9.89. The van der Waals surface area contributed by atoms with E-state index in [1.165, 1.54) is 0 Å². The summed E-state index contributed by atoms with van der Waals surface area (Å²) in [4.78, 5) is 32.2. The molecule has 2 N–H and O–H groups in total. The van der Waals surface area contributed by atoms with Gasteiger partial charge in [0.1, 0.15) is 0 Å². The SMILES string of the molecule is Cc1cc(C(C)Nc2ccccc2C(=O)O)c2nc(N3CCC(C)(C)CC3)n(C)c(=O)c2c1. The average Bonchev–Trinajstić information content (AvgIpc) is 2.76. The van der Waals surface area contributed by atoms with Crippen molar-refractivity contribution in [3.05, 3.63) is 63.4 Å². The van der Waals surface area contributed by atoms with Gasteiger partial charge in [-0.3, -0.25) is 9.36 Å². The third kappa shape index (κ3) is 4.45. The monoisotopic (exact) mass is 448 g/mol. The molecule has 1 fully saturated rings. The molecule has 0 amide bonds. The molecule has 174 valence electrons. The van der Waals surface area contributed by atoms with Crippen LogP contribution >= 0.6 is 0 Å². The molecule has 0 radical (unpaired) electrons. The summed E-state index contributed by atoms with van der Waals surface area (Å²) in [5, 5.41) is 13.5. The van der Waals surface area contributed by atoms with E-state index in [1.807, 2.05) is 26.0 Å². The number of carboxylic acids is 1. The van der Waals surface area contributed by atoms with Gasteiger partial charge in [0.05, 0.1) is 22.5 Å². The number of hydrogen-bond acceptors (Lipinski definition) is 5. The lowest BCUT2D eigenvalue weighted by molar-refractivity contribution is 0.0698. The van der Waals surface area contributed by atoms with Gasteiger partial charge >= 0.3 is 5.97 Å². The highest BCUT2D eigenvalue weighted by Gasteiger charge is 2.28. The summed E-state index contributed by atoms with van der Waals surface area (Å²) in [5.74, 6) is -0.298. The van der Waals surface area contributed by atoms with Crippen LogP contribution in [-0.2, 0) is 7.05 Å². The number of rotatable bonds is 5. The summed E-state index contributed by atoms with van der Waals surface area (Å²) in [5.41, 5.74) is 3.48. The highest BCUT2D eigenvalue weighted by molar-refractivity contribution is 5.94. The maximum Gasteiger partial charge on any atom is 0.337 e. The van der Waals surface area contributed by atoms with Crippen LogP contribution in [0.3, 0.4) is 0 Å². The van der Waals surface area contributed by atoms with Gasteiger partial charge in [-0.1, -0.05) is 32.0 Å². The number of piperidine rings is 1. The lowest BCUT2D eigenvalue weighted by Crippen LogP contribution is -2.40. The zero-order valence-corrected chi connectivity index (χ0v) is 20.0. The zero-order chi connectivity index (χ0) is 23.9. The Morgan fingerprint density at radius 2 is 1.85 bits per heavy atom. The largest absolute Gasteiger partial charge is 0.478 e. The van der Waals surface area contributed by atoms with Crippen molar-refractivity contribution in [1.82, 2.24) is 9.55 Å². The third-order valence-corrected chi connectivity index (χ3v) is 6.73. The number of para-hydroxylation sites is 1. The number of nitrogens with one attached hydrogen (secondary N) is 1. The van der Waals surface area contributed by atoms with Crippen LogP contribution in [0.1, 0.15) is 61.1 Å². The Hall–Kier alpha value is -3.35. The summed E-state index contributed by atoms with van der Waals surface area (Å²) in [7, 11) is 1.79. The van der Waals surface area contributed by atoms with Gasteiger partial charge in [0, 0.05) is 31.4 Å². The van der Waals surface area contributed by atoms with Crippen LogP contribution < -0.4 is 15.8 Å². The summed E-state index contributed by atoms with van der Waals surface area (Å²) >= 11 is 0. The van der Waals surface area contributed by atoms with E-state index in [1.54, 1.807) is 35.9 Å². The van der Waals surface area contributed by atoms with Crippen LogP contribution in [0.5, 0.6) is 0 Å². The number of hydrogen-bond donors (Lipinski definition) is 2. The van der Waals surface area contributed by atoms with Crippen molar-refractivity contribution >= 4 is 28.5 Å². The molecule has 0 saturated carbocycles. The van der Waals surface area contributed by atoms with Crippen LogP contribution in [0, 0.1) is 12.3 Å². The molecule has 0 aliphatic carbocycles. The first kappa shape index (κ1) is 22.8. The van der Waals surface area contributed by atoms with Crippen molar-refractivity contribution in [3.8, 4) is 0 Å². The van der Waals surface area contributed by atoms with E-state index in [0.717, 1.165) is 37.1 Å². The van der Waals surface area contributed by atoms with Gasteiger partial charge in [0.15, 0.2) is 0 Å². The minimum atomic E-state index is -0.985. The first-order chi connectivity index (χ1) is 15.6. The minimum absolute atomic E-state index is 0.0667. The molecular weight excluding hydrogens is 416 g/mol. The van der Waals surface area contributed by atoms with Gasteiger partial charge in [-0.2, -0.15) is 0 Å². The van der Waals surface area contributed by atoms with Crippen molar-refractivity contribution in [1.29, 1.82) is 0 Å². The molecule has 1 saturated heterocycles. The van der Waals surface area contributed by atoms with Crippen LogP contribution in [0.25, 0.3) is 10.9 Å². The zero-order valence-electron chi connectivity index (χ0n) is 20.0. The number of aromatic nitrogens is 2. The molecule has 1 unspecified atom stereocenters. The van der Waals surface area contributed by atoms with Gasteiger partial charge < -0.3 is 15.3 Å². The van der Waals surface area contributed by atoms with Crippen molar-refractivity contribution in [2.45, 2.75) is 46.6 Å². The summed E-state index contributed by atoms with van der Waals surface area (Å²) in [6.45, 7) is 10.2. The van der Waals surface area contributed by atoms with E-state index < -0.39 is 5.97 Å². The number of fused-ring (bicyclic) bond motifs is 1. The lowest BCUT2D eigenvalue weighted by Gasteiger charge is -2.38. The van der Waals surface area contributed by atoms with Gasteiger partial charge in [0.2, 0.25) is 5.95 Å². The normalized spacial score (nSPS) is 16.6.